The predicted molar refractivity (Wildman–Crippen MR) is 154 cm³/mol. The molecule has 6 heteroatoms. The van der Waals surface area contributed by atoms with E-state index in [1.165, 1.54) is 64.2 Å². The largest absolute Gasteiger partial charge is 1.00 e. The minimum absolute atomic E-state index is 0. The third-order valence-electron chi connectivity index (χ3n) is 7.40. The highest BCUT2D eigenvalue weighted by Crippen LogP contribution is 2.25. The van der Waals surface area contributed by atoms with Gasteiger partial charge in [-0.1, -0.05) is 108 Å². The topological polar surface area (TPSA) is 60.6 Å². The zero-order chi connectivity index (χ0) is 26.3. The molecule has 1 aromatic heterocycles. The van der Waals surface area contributed by atoms with Crippen molar-refractivity contribution in [2.75, 3.05) is 0 Å². The van der Waals surface area contributed by atoms with Gasteiger partial charge in [-0.15, -0.1) is 0 Å². The molecule has 0 aliphatic carbocycles. The van der Waals surface area contributed by atoms with Crippen molar-refractivity contribution in [1.29, 1.82) is 0 Å². The third-order valence-corrected chi connectivity index (χ3v) is 7.40. The van der Waals surface area contributed by atoms with E-state index >= 15 is 0 Å². The smallest absolute Gasteiger partial charge is 0.339 e. The molecule has 3 aromatic rings. The molecule has 38 heavy (non-hydrogen) atoms. The summed E-state index contributed by atoms with van der Waals surface area (Å²) in [5, 5.41) is 9.65. The number of nitrogens with zero attached hydrogens (tertiary/aromatic N) is 4. The summed E-state index contributed by atoms with van der Waals surface area (Å²) in [6, 6.07) is 20.2. The number of nitrogens with two attached hydrogens (primary N) is 1. The molecule has 0 saturated heterocycles. The van der Waals surface area contributed by atoms with Gasteiger partial charge in [-0.2, -0.15) is 0 Å². The van der Waals surface area contributed by atoms with E-state index in [2.05, 4.69) is 32.9 Å². The van der Waals surface area contributed by atoms with Crippen LogP contribution < -0.4 is 27.5 Å². The van der Waals surface area contributed by atoms with Crippen molar-refractivity contribution in [3.63, 3.8) is 0 Å². The lowest BCUT2D eigenvalue weighted by Crippen LogP contribution is -3.00. The molecule has 0 spiro atoms. The van der Waals surface area contributed by atoms with Gasteiger partial charge in [0.05, 0.1) is 10.7 Å². The van der Waals surface area contributed by atoms with Crippen LogP contribution in [0, 0.1) is 11.8 Å². The quantitative estimate of drug-likeness (QED) is 0.141. The number of hydrogen-bond donors (Lipinski definition) is 1. The predicted octanol–water partition coefficient (Wildman–Crippen LogP) is 4.82. The van der Waals surface area contributed by atoms with Crippen LogP contribution in [0.1, 0.15) is 97.6 Å². The maximum absolute atomic E-state index is 6.75. The molecule has 0 radical (unpaired) electrons. The summed E-state index contributed by atoms with van der Waals surface area (Å²) in [6.45, 7) is 6.96. The van der Waals surface area contributed by atoms with Crippen molar-refractivity contribution in [1.82, 2.24) is 15.0 Å². The van der Waals surface area contributed by atoms with Gasteiger partial charge in [-0.25, -0.2) is 0 Å². The summed E-state index contributed by atoms with van der Waals surface area (Å²) in [7, 11) is 0. The molecule has 2 aromatic carbocycles. The lowest BCUT2D eigenvalue weighted by atomic mass is 9.88. The molecular weight excluding hydrogens is 534 g/mol. The fourth-order valence-electron chi connectivity index (χ4n) is 4.78. The normalized spacial score (nSPS) is 13.8. The Morgan fingerprint density at radius 2 is 1.42 bits per heavy atom. The Balaban J connectivity index is 0.00000507. The molecule has 0 fully saturated rings. The number of allylic oxidation sites excluding steroid dienone is 2. The lowest BCUT2D eigenvalue weighted by molar-refractivity contribution is -0.747. The monoisotopic (exact) mass is 581 g/mol. The SMILES string of the molecule is CCCCCCCC/C=C\CCCC(C)C(C)CC(N)n1nc(-c2ccccc2)n[n+]1-c1ccccc1.[Br-]. The first-order valence-electron chi connectivity index (χ1n) is 14.5. The van der Waals surface area contributed by atoms with Gasteiger partial charge in [0, 0.05) is 0 Å². The number of aromatic nitrogens is 4. The molecule has 5 nitrogen and oxygen atoms in total. The summed E-state index contributed by atoms with van der Waals surface area (Å²) in [5.74, 6) is 1.80. The number of hydrogen-bond acceptors (Lipinski definition) is 3. The summed E-state index contributed by atoms with van der Waals surface area (Å²) in [5.41, 5.74) is 8.70. The highest BCUT2D eigenvalue weighted by Gasteiger charge is 2.28. The van der Waals surface area contributed by atoms with Crippen molar-refractivity contribution < 1.29 is 21.8 Å². The Morgan fingerprint density at radius 3 is 2.11 bits per heavy atom. The van der Waals surface area contributed by atoms with Crippen LogP contribution in [-0.2, 0) is 0 Å². The number of para-hydroxylation sites is 1. The van der Waals surface area contributed by atoms with E-state index in [9.17, 15) is 0 Å². The highest BCUT2D eigenvalue weighted by molar-refractivity contribution is 5.52. The van der Waals surface area contributed by atoms with Gasteiger partial charge in [-0.05, 0) is 82.9 Å². The Hall–Kier alpha value is -2.31. The Bertz CT molecular complexity index is 1030. The number of unbranched alkanes of at least 4 members (excludes halogenated alkanes) is 7. The van der Waals surface area contributed by atoms with Crippen LogP contribution in [-0.4, -0.2) is 15.0 Å². The molecule has 0 aliphatic heterocycles. The summed E-state index contributed by atoms with van der Waals surface area (Å²) >= 11 is 0. The zero-order valence-electron chi connectivity index (χ0n) is 23.7. The summed E-state index contributed by atoms with van der Waals surface area (Å²) in [6.07, 6.45) is 18.5. The van der Waals surface area contributed by atoms with E-state index in [4.69, 9.17) is 15.9 Å². The first-order valence-corrected chi connectivity index (χ1v) is 14.5. The van der Waals surface area contributed by atoms with Gasteiger partial charge in [0.2, 0.25) is 0 Å². The van der Waals surface area contributed by atoms with E-state index < -0.39 is 0 Å². The van der Waals surface area contributed by atoms with Crippen LogP contribution in [0.2, 0.25) is 0 Å². The minimum atomic E-state index is -0.250. The maximum atomic E-state index is 6.75. The van der Waals surface area contributed by atoms with E-state index in [1.807, 2.05) is 70.3 Å². The average Bonchev–Trinajstić information content (AvgIpc) is 3.38. The maximum Gasteiger partial charge on any atom is 0.339 e. The van der Waals surface area contributed by atoms with Gasteiger partial charge < -0.3 is 22.7 Å². The van der Waals surface area contributed by atoms with E-state index in [1.54, 1.807) is 0 Å². The molecule has 0 saturated carbocycles. The number of rotatable bonds is 17. The Kier molecular flexibility index (Phi) is 15.2. The highest BCUT2D eigenvalue weighted by atomic mass is 79.9. The van der Waals surface area contributed by atoms with Gasteiger partial charge in [-0.3, -0.25) is 0 Å². The average molecular weight is 583 g/mol. The molecule has 2 N–H and O–H groups in total. The molecule has 3 unspecified atom stereocenters. The van der Waals surface area contributed by atoms with Crippen LogP contribution in [0.5, 0.6) is 0 Å². The van der Waals surface area contributed by atoms with Crippen molar-refractivity contribution >= 4 is 0 Å². The second-order valence-electron chi connectivity index (χ2n) is 10.6. The number of halogens is 1. The standard InChI is InChI=1S/C32H48N5.BrH/c1-4-5-6-7-8-9-10-11-12-13-16-21-27(2)28(3)26-31(33)37-35-32(29-22-17-14-18-23-29)34-36(37)30-24-19-15-20-25-30;/h11-12,14-15,17-20,22-25,27-28,31H,4-10,13,16,21,26,33H2,1-3H3;1H/q+1;/p-1/b12-11-;. The van der Waals surface area contributed by atoms with Crippen LogP contribution in [0.15, 0.2) is 72.8 Å². The van der Waals surface area contributed by atoms with Crippen LogP contribution in [0.3, 0.4) is 0 Å². The van der Waals surface area contributed by atoms with Crippen molar-refractivity contribution in [3.05, 3.63) is 72.8 Å². The Labute approximate surface area is 241 Å². The second kappa shape index (κ2) is 18.1. The summed E-state index contributed by atoms with van der Waals surface area (Å²) in [4.78, 5) is 3.70. The zero-order valence-corrected chi connectivity index (χ0v) is 25.3. The van der Waals surface area contributed by atoms with Gasteiger partial charge in [0.15, 0.2) is 11.9 Å². The molecular formula is C32H48BrN5. The fourth-order valence-corrected chi connectivity index (χ4v) is 4.78. The first kappa shape index (κ1) is 31.9. The molecule has 0 amide bonds. The first-order chi connectivity index (χ1) is 18.1. The van der Waals surface area contributed by atoms with E-state index in [0.29, 0.717) is 17.7 Å². The fraction of sp³-hybridized carbons (Fsp3) is 0.531. The lowest BCUT2D eigenvalue weighted by Gasteiger charge is -2.21. The molecule has 1 heterocycles. The second-order valence-corrected chi connectivity index (χ2v) is 10.6. The van der Waals surface area contributed by atoms with Crippen molar-refractivity contribution in [3.8, 4) is 17.1 Å². The van der Waals surface area contributed by atoms with Gasteiger partial charge >= 0.3 is 5.82 Å². The number of benzene rings is 2. The molecule has 3 rings (SSSR count). The van der Waals surface area contributed by atoms with Crippen molar-refractivity contribution in [2.24, 2.45) is 17.6 Å². The molecule has 3 atom stereocenters. The number of tetrazole rings is 1. The molecule has 0 aliphatic rings. The summed E-state index contributed by atoms with van der Waals surface area (Å²) < 4.78 is 0. The van der Waals surface area contributed by atoms with Crippen LogP contribution in [0.4, 0.5) is 0 Å². The minimum Gasteiger partial charge on any atom is -1.00 e. The van der Waals surface area contributed by atoms with Crippen LogP contribution >= 0.6 is 0 Å². The van der Waals surface area contributed by atoms with Crippen LogP contribution in [0.25, 0.3) is 17.1 Å². The van der Waals surface area contributed by atoms with Crippen molar-refractivity contribution in [2.45, 2.75) is 97.6 Å². The van der Waals surface area contributed by atoms with E-state index in [-0.39, 0.29) is 23.1 Å². The Morgan fingerprint density at radius 1 is 0.816 bits per heavy atom. The molecule has 208 valence electrons. The van der Waals surface area contributed by atoms with E-state index in [0.717, 1.165) is 17.7 Å². The molecule has 0 bridgehead atoms. The third kappa shape index (κ3) is 10.5. The van der Waals surface area contributed by atoms with Gasteiger partial charge in [0.25, 0.3) is 0 Å². The van der Waals surface area contributed by atoms with Gasteiger partial charge in [0.1, 0.15) is 0 Å².